The molecule has 0 bridgehead atoms. The van der Waals surface area contributed by atoms with E-state index in [0.29, 0.717) is 27.1 Å². The fourth-order valence-corrected chi connectivity index (χ4v) is 3.92. The van der Waals surface area contributed by atoms with Gasteiger partial charge in [0, 0.05) is 11.3 Å². The van der Waals surface area contributed by atoms with Crippen LogP contribution >= 0.6 is 11.8 Å². The van der Waals surface area contributed by atoms with E-state index >= 15 is 0 Å². The number of methoxy groups -OCH3 is 1. The minimum absolute atomic E-state index is 0.199. The number of aliphatic imine (C=N–C) groups is 1. The number of rotatable bonds is 5. The zero-order valence-corrected chi connectivity index (χ0v) is 18.4. The van der Waals surface area contributed by atoms with Gasteiger partial charge in [0.05, 0.1) is 17.7 Å². The molecule has 6 nitrogen and oxygen atoms in total. The Morgan fingerprint density at radius 1 is 1.06 bits per heavy atom. The molecule has 1 aliphatic rings. The van der Waals surface area contributed by atoms with Crippen LogP contribution in [0.4, 0.5) is 11.4 Å². The lowest BCUT2D eigenvalue weighted by Gasteiger charge is -2.07. The Bertz CT molecular complexity index is 1230. The highest BCUT2D eigenvalue weighted by molar-refractivity contribution is 8.18. The van der Waals surface area contributed by atoms with Crippen molar-refractivity contribution in [2.24, 2.45) is 4.99 Å². The van der Waals surface area contributed by atoms with Crippen molar-refractivity contribution in [3.8, 4) is 5.75 Å². The zero-order valence-electron chi connectivity index (χ0n) is 17.6. The van der Waals surface area contributed by atoms with E-state index in [0.717, 1.165) is 16.8 Å². The van der Waals surface area contributed by atoms with Crippen LogP contribution in [0, 0.1) is 6.92 Å². The molecule has 3 aromatic carbocycles. The van der Waals surface area contributed by atoms with E-state index in [1.165, 1.54) is 11.8 Å². The van der Waals surface area contributed by atoms with Gasteiger partial charge in [0.15, 0.2) is 5.17 Å². The standard InChI is InChI=1S/C25H21N3O3S/c1-16-6-3-4-9-21(16)27-25-28-24(30)22(32-25)15-17-7-5-8-19(14-17)26-23(29)18-10-12-20(31-2)13-11-18/h3-15H,1-2H3,(H,26,29)(H,27,28,30)/b22-15-. The summed E-state index contributed by atoms with van der Waals surface area (Å²) in [6, 6.07) is 22.0. The summed E-state index contributed by atoms with van der Waals surface area (Å²) in [5, 5.41) is 6.22. The van der Waals surface area contributed by atoms with Gasteiger partial charge in [-0.1, -0.05) is 30.3 Å². The molecule has 0 aromatic heterocycles. The maximum atomic E-state index is 12.5. The fourth-order valence-electron chi connectivity index (χ4n) is 3.08. The number of amides is 2. The van der Waals surface area contributed by atoms with Gasteiger partial charge in [-0.3, -0.25) is 9.59 Å². The van der Waals surface area contributed by atoms with Crippen LogP contribution < -0.4 is 15.4 Å². The normalized spacial score (nSPS) is 15.6. The molecule has 0 aliphatic carbocycles. The molecule has 2 N–H and O–H groups in total. The summed E-state index contributed by atoms with van der Waals surface area (Å²) in [5.74, 6) is 0.265. The lowest BCUT2D eigenvalue weighted by atomic mass is 10.1. The topological polar surface area (TPSA) is 79.8 Å². The highest BCUT2D eigenvalue weighted by atomic mass is 32.2. The van der Waals surface area contributed by atoms with Gasteiger partial charge in [-0.05, 0) is 78.4 Å². The summed E-state index contributed by atoms with van der Waals surface area (Å²) >= 11 is 1.29. The molecular weight excluding hydrogens is 422 g/mol. The van der Waals surface area contributed by atoms with Crippen LogP contribution in [-0.4, -0.2) is 24.1 Å². The highest BCUT2D eigenvalue weighted by Crippen LogP contribution is 2.29. The maximum Gasteiger partial charge on any atom is 0.264 e. The highest BCUT2D eigenvalue weighted by Gasteiger charge is 2.24. The number of ether oxygens (including phenoxy) is 1. The number of carbonyl (C=O) groups excluding carboxylic acids is 2. The Balaban J connectivity index is 1.48. The minimum Gasteiger partial charge on any atom is -0.497 e. The van der Waals surface area contributed by atoms with E-state index in [9.17, 15) is 9.59 Å². The first-order valence-electron chi connectivity index (χ1n) is 9.92. The third kappa shape index (κ3) is 5.07. The van der Waals surface area contributed by atoms with Gasteiger partial charge in [-0.15, -0.1) is 0 Å². The number of anilines is 1. The molecule has 32 heavy (non-hydrogen) atoms. The van der Waals surface area contributed by atoms with Gasteiger partial charge >= 0.3 is 0 Å². The molecule has 0 radical (unpaired) electrons. The van der Waals surface area contributed by atoms with Gasteiger partial charge in [0.25, 0.3) is 11.8 Å². The number of thioether (sulfide) groups is 1. The molecule has 1 heterocycles. The Morgan fingerprint density at radius 2 is 1.84 bits per heavy atom. The second-order valence-electron chi connectivity index (χ2n) is 7.08. The number of nitrogens with zero attached hydrogens (tertiary/aromatic N) is 1. The number of aryl methyl sites for hydroxylation is 1. The monoisotopic (exact) mass is 443 g/mol. The van der Waals surface area contributed by atoms with Gasteiger partial charge in [0.1, 0.15) is 5.75 Å². The second-order valence-corrected chi connectivity index (χ2v) is 8.11. The quantitative estimate of drug-likeness (QED) is 0.535. The number of carbonyl (C=O) groups is 2. The lowest BCUT2D eigenvalue weighted by Crippen LogP contribution is -2.19. The molecule has 4 rings (SSSR count). The van der Waals surface area contributed by atoms with Gasteiger partial charge in [-0.25, -0.2) is 4.99 Å². The molecule has 0 saturated carbocycles. The third-order valence-electron chi connectivity index (χ3n) is 4.78. The van der Waals surface area contributed by atoms with Crippen LogP contribution in [0.15, 0.2) is 82.7 Å². The molecule has 160 valence electrons. The number of nitrogens with one attached hydrogen (secondary N) is 2. The van der Waals surface area contributed by atoms with Crippen molar-refractivity contribution in [3.05, 3.63) is 94.4 Å². The molecule has 0 unspecified atom stereocenters. The first kappa shape index (κ1) is 21.4. The van der Waals surface area contributed by atoms with E-state index in [4.69, 9.17) is 4.74 Å². The fraction of sp³-hybridized carbons (Fsp3) is 0.0800. The van der Waals surface area contributed by atoms with Gasteiger partial charge < -0.3 is 15.4 Å². The van der Waals surface area contributed by atoms with E-state index in [2.05, 4.69) is 15.6 Å². The van der Waals surface area contributed by atoms with Crippen molar-refractivity contribution in [2.75, 3.05) is 12.4 Å². The van der Waals surface area contributed by atoms with Crippen molar-refractivity contribution in [3.63, 3.8) is 0 Å². The van der Waals surface area contributed by atoms with Crippen molar-refractivity contribution in [1.82, 2.24) is 5.32 Å². The largest absolute Gasteiger partial charge is 0.497 e. The average molecular weight is 444 g/mol. The van der Waals surface area contributed by atoms with Crippen LogP contribution in [0.1, 0.15) is 21.5 Å². The molecule has 3 aromatic rings. The first-order chi connectivity index (χ1) is 15.5. The maximum absolute atomic E-state index is 12.5. The lowest BCUT2D eigenvalue weighted by molar-refractivity contribution is -0.115. The first-order valence-corrected chi connectivity index (χ1v) is 10.7. The van der Waals surface area contributed by atoms with Crippen LogP contribution in [0.2, 0.25) is 0 Å². The number of amidine groups is 1. The number of para-hydroxylation sites is 1. The Labute approximate surface area is 190 Å². The summed E-state index contributed by atoms with van der Waals surface area (Å²) in [4.78, 5) is 30.0. The molecule has 0 atom stereocenters. The van der Waals surface area contributed by atoms with Gasteiger partial charge in [0.2, 0.25) is 0 Å². The summed E-state index contributed by atoms with van der Waals surface area (Å²) in [6.07, 6.45) is 1.78. The molecule has 1 saturated heterocycles. The van der Waals surface area contributed by atoms with E-state index in [1.54, 1.807) is 43.5 Å². The molecular formula is C25H21N3O3S. The zero-order chi connectivity index (χ0) is 22.5. The summed E-state index contributed by atoms with van der Waals surface area (Å²) in [6.45, 7) is 1.98. The summed E-state index contributed by atoms with van der Waals surface area (Å²) in [5.41, 5.74) is 3.81. The van der Waals surface area contributed by atoms with Crippen LogP contribution in [0.25, 0.3) is 6.08 Å². The van der Waals surface area contributed by atoms with Crippen molar-refractivity contribution >= 4 is 46.2 Å². The Kier molecular flexibility index (Phi) is 6.37. The number of hydrogen-bond donors (Lipinski definition) is 2. The average Bonchev–Trinajstić information content (AvgIpc) is 3.14. The molecule has 0 spiro atoms. The third-order valence-corrected chi connectivity index (χ3v) is 5.69. The molecule has 7 heteroatoms. The summed E-state index contributed by atoms with van der Waals surface area (Å²) in [7, 11) is 1.58. The second kappa shape index (κ2) is 9.53. The number of hydrogen-bond acceptors (Lipinski definition) is 5. The SMILES string of the molecule is COc1ccc(C(=O)Nc2cccc(/C=C3\SC(=Nc4ccccc4C)NC3=O)c2)cc1. The summed E-state index contributed by atoms with van der Waals surface area (Å²) < 4.78 is 5.12. The Hall–Kier alpha value is -3.84. The van der Waals surface area contributed by atoms with Crippen molar-refractivity contribution in [1.29, 1.82) is 0 Å². The van der Waals surface area contributed by atoms with Crippen LogP contribution in [0.3, 0.4) is 0 Å². The minimum atomic E-state index is -0.224. The van der Waals surface area contributed by atoms with Gasteiger partial charge in [-0.2, -0.15) is 0 Å². The van der Waals surface area contributed by atoms with Crippen LogP contribution in [0.5, 0.6) is 5.75 Å². The molecule has 1 aliphatic heterocycles. The smallest absolute Gasteiger partial charge is 0.264 e. The van der Waals surface area contributed by atoms with E-state index in [-0.39, 0.29) is 11.8 Å². The van der Waals surface area contributed by atoms with E-state index < -0.39 is 0 Å². The molecule has 1 fully saturated rings. The predicted molar refractivity (Wildman–Crippen MR) is 129 cm³/mol. The Morgan fingerprint density at radius 3 is 2.59 bits per heavy atom. The molecule has 2 amide bonds. The van der Waals surface area contributed by atoms with Crippen LogP contribution in [-0.2, 0) is 4.79 Å². The van der Waals surface area contributed by atoms with Crippen molar-refractivity contribution in [2.45, 2.75) is 6.92 Å². The van der Waals surface area contributed by atoms with Crippen molar-refractivity contribution < 1.29 is 14.3 Å². The number of benzene rings is 3. The van der Waals surface area contributed by atoms with E-state index in [1.807, 2.05) is 49.4 Å². The predicted octanol–water partition coefficient (Wildman–Crippen LogP) is 5.15.